The van der Waals surface area contributed by atoms with Crippen molar-refractivity contribution in [2.45, 2.75) is 50.8 Å². The Morgan fingerprint density at radius 1 is 1.44 bits per heavy atom. The fourth-order valence-corrected chi connectivity index (χ4v) is 3.33. The number of hydrogen-bond donors (Lipinski definition) is 0. The van der Waals surface area contributed by atoms with E-state index < -0.39 is 0 Å². The van der Waals surface area contributed by atoms with E-state index >= 15 is 0 Å². The number of halogens is 1. The van der Waals surface area contributed by atoms with Crippen LogP contribution in [0.15, 0.2) is 6.20 Å². The summed E-state index contributed by atoms with van der Waals surface area (Å²) in [5.74, 6) is 1.93. The average Bonchev–Trinajstić information content (AvgIpc) is 3.16. The minimum absolute atomic E-state index is 0.713. The van der Waals surface area contributed by atoms with Gasteiger partial charge >= 0.3 is 0 Å². The smallest absolute Gasteiger partial charge is 0.128 e. The third-order valence-corrected chi connectivity index (χ3v) is 4.98. The van der Waals surface area contributed by atoms with Gasteiger partial charge in [-0.05, 0) is 51.9 Å². The zero-order valence-electron chi connectivity index (χ0n) is 11.5. The first-order chi connectivity index (χ1) is 8.63. The van der Waals surface area contributed by atoms with Gasteiger partial charge in [-0.2, -0.15) is 0 Å². The third kappa shape index (κ3) is 3.25. The van der Waals surface area contributed by atoms with Gasteiger partial charge in [0.2, 0.25) is 0 Å². The topological polar surface area (TPSA) is 22.1 Å². The molecule has 1 aromatic heterocycles. The molecule has 1 aliphatic rings. The third-order valence-electron chi connectivity index (χ3n) is 3.78. The lowest BCUT2D eigenvalue weighted by atomic mass is 10.0. The average molecular weight is 312 g/mol. The Labute approximate surface area is 118 Å². The van der Waals surface area contributed by atoms with Crippen molar-refractivity contribution in [2.24, 2.45) is 5.92 Å². The second kappa shape index (κ2) is 6.05. The Bertz CT molecular complexity index is 415. The lowest BCUT2D eigenvalue weighted by Gasteiger charge is -2.13. The van der Waals surface area contributed by atoms with E-state index in [1.54, 1.807) is 7.11 Å². The molecule has 0 bridgehead atoms. The number of hydrogen-bond acceptors (Lipinski definition) is 2. The Morgan fingerprint density at radius 3 is 2.78 bits per heavy atom. The molecule has 1 saturated carbocycles. The van der Waals surface area contributed by atoms with E-state index in [1.807, 2.05) is 13.1 Å². The molecule has 0 N–H and O–H groups in total. The summed E-state index contributed by atoms with van der Waals surface area (Å²) in [4.78, 5) is 5.26. The van der Waals surface area contributed by atoms with Crippen molar-refractivity contribution in [3.8, 4) is 5.75 Å². The highest BCUT2D eigenvalue weighted by Crippen LogP contribution is 2.38. The largest absolute Gasteiger partial charge is 0.496 e. The van der Waals surface area contributed by atoms with Crippen LogP contribution in [0.1, 0.15) is 42.5 Å². The van der Waals surface area contributed by atoms with Gasteiger partial charge in [0.15, 0.2) is 0 Å². The predicted molar refractivity (Wildman–Crippen MR) is 78.6 cm³/mol. The lowest BCUT2D eigenvalue weighted by Crippen LogP contribution is -2.04. The summed E-state index contributed by atoms with van der Waals surface area (Å²) in [5, 5.41) is 0. The van der Waals surface area contributed by atoms with Gasteiger partial charge in [0.05, 0.1) is 7.11 Å². The first kappa shape index (κ1) is 13.9. The van der Waals surface area contributed by atoms with Crippen molar-refractivity contribution in [2.75, 3.05) is 7.11 Å². The molecule has 0 radical (unpaired) electrons. The van der Waals surface area contributed by atoms with E-state index in [0.29, 0.717) is 4.83 Å². The maximum atomic E-state index is 5.44. The van der Waals surface area contributed by atoms with Crippen LogP contribution in [0.5, 0.6) is 5.75 Å². The number of aryl methyl sites for hydroxylation is 2. The molecular formula is C15H22BrNO. The second-order valence-electron chi connectivity index (χ2n) is 5.29. The molecule has 1 atom stereocenters. The SMILES string of the molecule is COc1c(C)cnc(CCCC(Br)C2CC2)c1C. The zero-order chi connectivity index (χ0) is 13.1. The van der Waals surface area contributed by atoms with Gasteiger partial charge in [-0.3, -0.25) is 4.98 Å². The van der Waals surface area contributed by atoms with Gasteiger partial charge in [0.25, 0.3) is 0 Å². The maximum Gasteiger partial charge on any atom is 0.128 e. The molecule has 2 nitrogen and oxygen atoms in total. The molecular weight excluding hydrogens is 290 g/mol. The molecule has 18 heavy (non-hydrogen) atoms. The van der Waals surface area contributed by atoms with E-state index in [0.717, 1.165) is 23.7 Å². The van der Waals surface area contributed by atoms with Crippen LogP contribution in [0.4, 0.5) is 0 Å². The van der Waals surface area contributed by atoms with Gasteiger partial charge in [-0.15, -0.1) is 0 Å². The molecule has 0 spiro atoms. The minimum atomic E-state index is 0.713. The number of alkyl halides is 1. The number of methoxy groups -OCH3 is 1. The molecule has 1 unspecified atom stereocenters. The summed E-state index contributed by atoms with van der Waals surface area (Å²) < 4.78 is 5.44. The molecule has 1 heterocycles. The summed E-state index contributed by atoms with van der Waals surface area (Å²) in [6, 6.07) is 0. The Kier molecular flexibility index (Phi) is 4.66. The summed E-state index contributed by atoms with van der Waals surface area (Å²) in [6.07, 6.45) is 8.25. The van der Waals surface area contributed by atoms with Crippen LogP contribution in [-0.4, -0.2) is 16.9 Å². The molecule has 1 aromatic rings. The fourth-order valence-electron chi connectivity index (χ4n) is 2.48. The quantitative estimate of drug-likeness (QED) is 0.734. The molecule has 0 aromatic carbocycles. The van der Waals surface area contributed by atoms with Crippen molar-refractivity contribution >= 4 is 15.9 Å². The Morgan fingerprint density at radius 2 is 2.17 bits per heavy atom. The van der Waals surface area contributed by atoms with Crippen LogP contribution in [0.25, 0.3) is 0 Å². The molecule has 1 fully saturated rings. The number of ether oxygens (including phenoxy) is 1. The highest BCUT2D eigenvalue weighted by molar-refractivity contribution is 9.09. The molecule has 0 amide bonds. The first-order valence-corrected chi connectivity index (χ1v) is 7.68. The summed E-state index contributed by atoms with van der Waals surface area (Å²) >= 11 is 3.79. The molecule has 3 heteroatoms. The molecule has 2 rings (SSSR count). The summed E-state index contributed by atoms with van der Waals surface area (Å²) in [7, 11) is 1.74. The van der Waals surface area contributed by atoms with E-state index in [9.17, 15) is 0 Å². The standard InChI is InChI=1S/C15H22BrNO/c1-10-9-17-14(11(2)15(10)18-3)6-4-5-13(16)12-7-8-12/h9,12-13H,4-8H2,1-3H3. The van der Waals surface area contributed by atoms with Crippen LogP contribution in [0.3, 0.4) is 0 Å². The monoisotopic (exact) mass is 311 g/mol. The van der Waals surface area contributed by atoms with E-state index in [2.05, 4.69) is 27.8 Å². The highest BCUT2D eigenvalue weighted by Gasteiger charge is 2.28. The van der Waals surface area contributed by atoms with E-state index in [1.165, 1.54) is 36.9 Å². The normalized spacial score (nSPS) is 16.7. The molecule has 0 saturated heterocycles. The van der Waals surface area contributed by atoms with Crippen LogP contribution >= 0.6 is 15.9 Å². The minimum Gasteiger partial charge on any atom is -0.496 e. The van der Waals surface area contributed by atoms with E-state index in [4.69, 9.17) is 4.74 Å². The molecule has 100 valence electrons. The Balaban J connectivity index is 1.92. The van der Waals surface area contributed by atoms with Crippen LogP contribution in [0.2, 0.25) is 0 Å². The van der Waals surface area contributed by atoms with Gasteiger partial charge in [0.1, 0.15) is 5.75 Å². The summed E-state index contributed by atoms with van der Waals surface area (Å²) in [6.45, 7) is 4.16. The molecule has 0 aliphatic heterocycles. The van der Waals surface area contributed by atoms with Gasteiger partial charge in [-0.25, -0.2) is 0 Å². The van der Waals surface area contributed by atoms with Crippen LogP contribution in [-0.2, 0) is 6.42 Å². The number of nitrogens with zero attached hydrogens (tertiary/aromatic N) is 1. The zero-order valence-corrected chi connectivity index (χ0v) is 13.1. The van der Waals surface area contributed by atoms with E-state index in [-0.39, 0.29) is 0 Å². The second-order valence-corrected chi connectivity index (χ2v) is 6.47. The van der Waals surface area contributed by atoms with Crippen LogP contribution < -0.4 is 4.74 Å². The van der Waals surface area contributed by atoms with Crippen molar-refractivity contribution in [3.63, 3.8) is 0 Å². The number of aromatic nitrogens is 1. The Hall–Kier alpha value is -0.570. The molecule has 1 aliphatic carbocycles. The first-order valence-electron chi connectivity index (χ1n) is 6.76. The predicted octanol–water partition coefficient (Wildman–Crippen LogP) is 4.20. The van der Waals surface area contributed by atoms with Gasteiger partial charge in [-0.1, -0.05) is 15.9 Å². The van der Waals surface area contributed by atoms with Crippen molar-refractivity contribution < 1.29 is 4.74 Å². The number of rotatable bonds is 6. The van der Waals surface area contributed by atoms with Crippen molar-refractivity contribution in [1.29, 1.82) is 0 Å². The van der Waals surface area contributed by atoms with Gasteiger partial charge < -0.3 is 4.74 Å². The number of pyridine rings is 1. The maximum absolute atomic E-state index is 5.44. The van der Waals surface area contributed by atoms with Crippen molar-refractivity contribution in [3.05, 3.63) is 23.0 Å². The fraction of sp³-hybridized carbons (Fsp3) is 0.667. The van der Waals surface area contributed by atoms with Crippen molar-refractivity contribution in [1.82, 2.24) is 4.98 Å². The summed E-state index contributed by atoms with van der Waals surface area (Å²) in [5.41, 5.74) is 3.51. The highest BCUT2D eigenvalue weighted by atomic mass is 79.9. The lowest BCUT2D eigenvalue weighted by molar-refractivity contribution is 0.406. The van der Waals surface area contributed by atoms with Gasteiger partial charge in [0, 0.05) is 27.8 Å². The van der Waals surface area contributed by atoms with Crippen LogP contribution in [0, 0.1) is 19.8 Å².